The molecule has 0 radical (unpaired) electrons. The molecule has 0 aliphatic carbocycles. The molecular weight excluding hydrogens is 1060 g/mol. The Morgan fingerprint density at radius 2 is 0.827 bits per heavy atom. The van der Waals surface area contributed by atoms with Crippen LogP contribution in [-0.4, -0.2) is 152 Å². The van der Waals surface area contributed by atoms with Gasteiger partial charge in [-0.1, -0.05) is 84.0 Å². The van der Waals surface area contributed by atoms with Crippen LogP contribution in [0.15, 0.2) is 54.6 Å². The molecule has 0 heterocycles. The summed E-state index contributed by atoms with van der Waals surface area (Å²) in [5.41, 5.74) is 17.7. The summed E-state index contributed by atoms with van der Waals surface area (Å²) < 4.78 is 0. The minimum Gasteiger partial charge on any atom is -0.508 e. The summed E-state index contributed by atoms with van der Waals surface area (Å²) >= 11 is 0. The number of carbonyl (C=O) groups is 12. The van der Waals surface area contributed by atoms with Gasteiger partial charge in [-0.15, -0.1) is 0 Å². The van der Waals surface area contributed by atoms with Gasteiger partial charge in [-0.25, -0.2) is 4.79 Å². The second-order valence-corrected chi connectivity index (χ2v) is 21.0. The molecule has 0 saturated heterocycles. The second-order valence-electron chi connectivity index (χ2n) is 21.0. The smallest absolute Gasteiger partial charge is 0.326 e. The molecule has 10 atom stereocenters. The molecule has 0 aliphatic rings. The number of hydrogen-bond donors (Lipinski definition) is 15. The number of carboxylic acid groups (broad SMARTS) is 2. The van der Waals surface area contributed by atoms with Crippen molar-refractivity contribution in [2.24, 2.45) is 35.0 Å². The number of nitrogens with two attached hydrogens (primary N) is 3. The molecule has 2 aromatic carbocycles. The number of aliphatic hydroxyl groups is 1. The lowest BCUT2D eigenvalue weighted by atomic mass is 9.99. The molecule has 2 rings (SSSR count). The van der Waals surface area contributed by atoms with E-state index in [1.807, 2.05) is 13.8 Å². The lowest BCUT2D eigenvalue weighted by molar-refractivity contribution is -0.143. The molecule has 27 heteroatoms. The van der Waals surface area contributed by atoms with Crippen molar-refractivity contribution < 1.29 is 78.0 Å². The highest BCUT2D eigenvalue weighted by atomic mass is 16.4. The first kappa shape index (κ1) is 68.9. The van der Waals surface area contributed by atoms with E-state index < -0.39 is 176 Å². The van der Waals surface area contributed by atoms with Gasteiger partial charge in [0, 0.05) is 32.1 Å². The number of amides is 10. The van der Waals surface area contributed by atoms with Crippen LogP contribution < -0.4 is 59.7 Å². The van der Waals surface area contributed by atoms with Crippen molar-refractivity contribution >= 4 is 71.0 Å². The average molecular weight is 1140 g/mol. The zero-order valence-electron chi connectivity index (χ0n) is 46.7. The number of primary amides is 2. The van der Waals surface area contributed by atoms with Crippen LogP contribution in [-0.2, 0) is 70.4 Å². The maximum Gasteiger partial charge on any atom is 0.326 e. The van der Waals surface area contributed by atoms with Crippen LogP contribution in [0, 0.1) is 17.8 Å². The standard InChI is InChI=1S/C54H81N11O16/c1-27(2)23-34(55)46(72)61-38(24-28(3)4)50(76)65-45(30(7)66)53(79)59-36(18-21-42(57)69)48(74)62-39(26-32-13-15-33(67)16-14-32)49(75)63-40(25-31-11-9-8-10-12-31)51(77)64-44(29(5)6)52(78)58-35(17-20-41(56)68)47(73)60-37(54(80)81)19-22-43(70)71/h8-16,27-30,34-40,44-45,66-67H,17-26,55H2,1-7H3,(H2,56,68)(H2,57,69)(H,58,78)(H,59,79)(H,60,73)(H,61,72)(H,62,74)(H,63,75)(H,64,77)(H,65,76)(H,70,71)(H,80,81)/t30-,34+,35+,36+,37+,38+,39+,40+,44+,45+/m1/s1. The highest BCUT2D eigenvalue weighted by molar-refractivity contribution is 5.98. The Morgan fingerprint density at radius 3 is 1.26 bits per heavy atom. The predicted molar refractivity (Wildman–Crippen MR) is 292 cm³/mol. The maximum absolute atomic E-state index is 14.6. The Morgan fingerprint density at radius 1 is 0.444 bits per heavy atom. The van der Waals surface area contributed by atoms with Crippen LogP contribution in [0.2, 0.25) is 0 Å². The fourth-order valence-electron chi connectivity index (χ4n) is 8.16. The van der Waals surface area contributed by atoms with Crippen molar-refractivity contribution in [2.45, 2.75) is 173 Å². The van der Waals surface area contributed by atoms with Gasteiger partial charge >= 0.3 is 11.9 Å². The maximum atomic E-state index is 14.6. The number of benzene rings is 2. The first-order chi connectivity index (χ1) is 37.9. The van der Waals surface area contributed by atoms with E-state index in [0.717, 1.165) is 0 Å². The Hall–Kier alpha value is -8.20. The molecule has 2 aromatic rings. The molecule has 0 unspecified atom stereocenters. The summed E-state index contributed by atoms with van der Waals surface area (Å²) in [4.78, 5) is 159. The van der Waals surface area contributed by atoms with Crippen LogP contribution in [0.25, 0.3) is 0 Å². The lowest BCUT2D eigenvalue weighted by Crippen LogP contribution is -2.62. The number of phenols is 1. The SMILES string of the molecule is CC(C)C[C@H](NC(=O)[C@@H](N)CC(C)C)C(=O)N[C@H](C(=O)N[C@@H](CCC(N)=O)C(=O)N[C@@H](Cc1ccc(O)cc1)C(=O)N[C@@H](Cc1ccccc1)C(=O)N[C@H](C(=O)N[C@@H](CCC(N)=O)C(=O)N[C@@H](CCC(=O)O)C(=O)O)C(C)C)[C@@H](C)O. The van der Waals surface area contributed by atoms with E-state index in [1.165, 1.54) is 45.0 Å². The molecule has 10 amide bonds. The van der Waals surface area contributed by atoms with E-state index >= 15 is 0 Å². The number of rotatable bonds is 36. The van der Waals surface area contributed by atoms with Crippen molar-refractivity contribution in [1.82, 2.24) is 42.5 Å². The molecule has 448 valence electrons. The molecule has 0 aromatic heterocycles. The minimum absolute atomic E-state index is 0.0525. The summed E-state index contributed by atoms with van der Waals surface area (Å²) in [7, 11) is 0. The zero-order valence-corrected chi connectivity index (χ0v) is 46.7. The number of aromatic hydroxyl groups is 1. The first-order valence-electron chi connectivity index (χ1n) is 26.6. The fourth-order valence-corrected chi connectivity index (χ4v) is 8.16. The lowest BCUT2D eigenvalue weighted by Gasteiger charge is -2.29. The van der Waals surface area contributed by atoms with Gasteiger partial charge in [0.2, 0.25) is 59.1 Å². The van der Waals surface area contributed by atoms with Gasteiger partial charge in [0.1, 0.15) is 54.1 Å². The van der Waals surface area contributed by atoms with E-state index in [-0.39, 0.29) is 36.8 Å². The van der Waals surface area contributed by atoms with Crippen molar-refractivity contribution in [3.63, 3.8) is 0 Å². The van der Waals surface area contributed by atoms with E-state index in [9.17, 15) is 72.9 Å². The number of aliphatic hydroxyl groups excluding tert-OH is 1. The molecular formula is C54H81N11O16. The normalized spacial score (nSPS) is 14.9. The Balaban J connectivity index is 2.58. The minimum atomic E-state index is -1.75. The molecule has 27 nitrogen and oxygen atoms in total. The third-order valence-electron chi connectivity index (χ3n) is 12.5. The van der Waals surface area contributed by atoms with Gasteiger partial charge in [0.05, 0.1) is 12.1 Å². The molecule has 0 bridgehead atoms. The molecule has 18 N–H and O–H groups in total. The third kappa shape index (κ3) is 25.6. The van der Waals surface area contributed by atoms with Crippen molar-refractivity contribution in [1.29, 1.82) is 0 Å². The van der Waals surface area contributed by atoms with Crippen molar-refractivity contribution in [3.8, 4) is 5.75 Å². The largest absolute Gasteiger partial charge is 0.508 e. The van der Waals surface area contributed by atoms with E-state index in [1.54, 1.807) is 44.2 Å². The Kier molecular flexibility index (Phi) is 29.0. The highest BCUT2D eigenvalue weighted by Gasteiger charge is 2.37. The van der Waals surface area contributed by atoms with Gasteiger partial charge in [-0.3, -0.25) is 52.7 Å². The van der Waals surface area contributed by atoms with Gasteiger partial charge in [0.15, 0.2) is 0 Å². The van der Waals surface area contributed by atoms with Gasteiger partial charge in [-0.2, -0.15) is 0 Å². The van der Waals surface area contributed by atoms with E-state index in [2.05, 4.69) is 42.5 Å². The van der Waals surface area contributed by atoms with E-state index in [0.29, 0.717) is 17.5 Å². The number of aliphatic carboxylic acids is 2. The summed E-state index contributed by atoms with van der Waals surface area (Å²) in [6.07, 6.45) is -4.76. The quantitative estimate of drug-likeness (QED) is 0.0351. The summed E-state index contributed by atoms with van der Waals surface area (Å²) in [5.74, 6) is -13.4. The topological polar surface area (TPSA) is 460 Å². The first-order valence-corrected chi connectivity index (χ1v) is 26.6. The van der Waals surface area contributed by atoms with Crippen LogP contribution in [0.4, 0.5) is 0 Å². The number of phenolic OH excluding ortho intramolecular Hbond substituents is 1. The van der Waals surface area contributed by atoms with Crippen LogP contribution in [0.1, 0.15) is 111 Å². The highest BCUT2D eigenvalue weighted by Crippen LogP contribution is 2.15. The fraction of sp³-hybridized carbons (Fsp3) is 0.556. The average Bonchev–Trinajstić information content (AvgIpc) is 3.40. The predicted octanol–water partition coefficient (Wildman–Crippen LogP) is -2.01. The van der Waals surface area contributed by atoms with Crippen LogP contribution in [0.5, 0.6) is 5.75 Å². The number of hydrogen-bond acceptors (Lipinski definition) is 15. The number of carbonyl (C=O) groups excluding carboxylic acids is 10. The Bertz CT molecular complexity index is 2490. The molecule has 0 aliphatic heterocycles. The van der Waals surface area contributed by atoms with Crippen molar-refractivity contribution in [3.05, 3.63) is 65.7 Å². The molecule has 0 spiro atoms. The van der Waals surface area contributed by atoms with Gasteiger partial charge in [-0.05, 0) is 80.0 Å². The molecule has 0 saturated carbocycles. The number of carboxylic acids is 2. The van der Waals surface area contributed by atoms with Crippen LogP contribution in [0.3, 0.4) is 0 Å². The third-order valence-corrected chi connectivity index (χ3v) is 12.5. The summed E-state index contributed by atoms with van der Waals surface area (Å²) in [5, 5.41) is 59.4. The zero-order chi connectivity index (χ0) is 61.3. The van der Waals surface area contributed by atoms with E-state index in [4.69, 9.17) is 22.3 Å². The van der Waals surface area contributed by atoms with Crippen LogP contribution >= 0.6 is 0 Å². The van der Waals surface area contributed by atoms with Gasteiger partial charge in [0.25, 0.3) is 0 Å². The number of nitrogens with one attached hydrogen (secondary N) is 8. The van der Waals surface area contributed by atoms with Crippen molar-refractivity contribution in [2.75, 3.05) is 0 Å². The summed E-state index contributed by atoms with van der Waals surface area (Å²) in [6.45, 7) is 11.5. The molecule has 0 fully saturated rings. The van der Waals surface area contributed by atoms with Gasteiger partial charge < -0.3 is 80.2 Å². The molecule has 81 heavy (non-hydrogen) atoms. The Labute approximate surface area is 469 Å². The monoisotopic (exact) mass is 1140 g/mol. The summed E-state index contributed by atoms with van der Waals surface area (Å²) in [6, 6.07) is 0.197. The second kappa shape index (κ2) is 34.1.